The molecule has 2 aromatic heterocycles. The van der Waals surface area contributed by atoms with Gasteiger partial charge in [0.15, 0.2) is 0 Å². The van der Waals surface area contributed by atoms with Crippen LogP contribution in [0.2, 0.25) is 0 Å². The van der Waals surface area contributed by atoms with Crippen molar-refractivity contribution < 1.29 is 12.8 Å². The van der Waals surface area contributed by atoms with Crippen molar-refractivity contribution in [3.8, 4) is 11.1 Å². The van der Waals surface area contributed by atoms with Crippen LogP contribution in [0.15, 0.2) is 72.0 Å². The number of fused-ring (bicyclic) bond motifs is 1. The van der Waals surface area contributed by atoms with Gasteiger partial charge >= 0.3 is 0 Å². The predicted molar refractivity (Wildman–Crippen MR) is 93.1 cm³/mol. The van der Waals surface area contributed by atoms with Crippen LogP contribution < -0.4 is 0 Å². The van der Waals surface area contributed by atoms with E-state index in [9.17, 15) is 12.8 Å². The molecular formula is C18H14FN3O2S. The third-order valence-corrected chi connectivity index (χ3v) is 5.74. The Labute approximate surface area is 144 Å². The lowest BCUT2D eigenvalue weighted by molar-refractivity contribution is 0.589. The fraction of sp³-hybridized carbons (Fsp3) is 0.0556. The summed E-state index contributed by atoms with van der Waals surface area (Å²) in [5, 5.41) is 4.78. The summed E-state index contributed by atoms with van der Waals surface area (Å²) < 4.78 is 42.6. The molecule has 4 aromatic rings. The minimum absolute atomic E-state index is 0.147. The minimum atomic E-state index is -3.84. The van der Waals surface area contributed by atoms with Gasteiger partial charge in [-0.1, -0.05) is 18.2 Å². The van der Waals surface area contributed by atoms with Crippen LogP contribution in [0.25, 0.3) is 22.0 Å². The molecular weight excluding hydrogens is 341 g/mol. The zero-order chi connectivity index (χ0) is 17.6. The summed E-state index contributed by atoms with van der Waals surface area (Å²) in [7, 11) is -2.06. The molecule has 0 fully saturated rings. The van der Waals surface area contributed by atoms with E-state index in [-0.39, 0.29) is 4.90 Å². The first-order valence-corrected chi connectivity index (χ1v) is 9.01. The van der Waals surface area contributed by atoms with Gasteiger partial charge in [0.05, 0.1) is 16.6 Å². The van der Waals surface area contributed by atoms with Gasteiger partial charge in [-0.25, -0.2) is 16.8 Å². The molecule has 4 rings (SSSR count). The number of nitrogens with zero attached hydrogens (tertiary/aromatic N) is 3. The lowest BCUT2D eigenvalue weighted by Crippen LogP contribution is -2.11. The molecule has 2 aromatic carbocycles. The molecule has 0 aliphatic heterocycles. The second-order valence-corrected chi connectivity index (χ2v) is 7.54. The molecule has 0 spiro atoms. The van der Waals surface area contributed by atoms with Gasteiger partial charge in [-0.3, -0.25) is 4.68 Å². The highest BCUT2D eigenvalue weighted by Crippen LogP contribution is 2.33. The Morgan fingerprint density at radius 2 is 1.80 bits per heavy atom. The average Bonchev–Trinajstić information content (AvgIpc) is 3.19. The number of hydrogen-bond donors (Lipinski definition) is 0. The van der Waals surface area contributed by atoms with Crippen molar-refractivity contribution in [2.75, 3.05) is 0 Å². The van der Waals surface area contributed by atoms with Gasteiger partial charge < -0.3 is 0 Å². The van der Waals surface area contributed by atoms with Gasteiger partial charge in [0.2, 0.25) is 0 Å². The van der Waals surface area contributed by atoms with Crippen LogP contribution in [0.1, 0.15) is 0 Å². The summed E-state index contributed by atoms with van der Waals surface area (Å²) in [6.45, 7) is 0. The maximum Gasteiger partial charge on any atom is 0.268 e. The molecule has 0 amide bonds. The maximum atomic E-state index is 13.8. The van der Waals surface area contributed by atoms with Gasteiger partial charge in [-0.15, -0.1) is 0 Å². The molecule has 0 N–H and O–H groups in total. The third kappa shape index (κ3) is 2.53. The Balaban J connectivity index is 2.03. The number of aromatic nitrogens is 3. The highest BCUT2D eigenvalue weighted by atomic mass is 32.2. The highest BCUT2D eigenvalue weighted by molar-refractivity contribution is 7.90. The van der Waals surface area contributed by atoms with Gasteiger partial charge in [0, 0.05) is 36.0 Å². The monoisotopic (exact) mass is 355 g/mol. The Kier molecular flexibility index (Phi) is 3.47. The largest absolute Gasteiger partial charge is 0.275 e. The van der Waals surface area contributed by atoms with Crippen molar-refractivity contribution in [1.82, 2.24) is 13.8 Å². The van der Waals surface area contributed by atoms with Crippen molar-refractivity contribution in [1.29, 1.82) is 0 Å². The van der Waals surface area contributed by atoms with Gasteiger partial charge in [-0.05, 0) is 30.3 Å². The Bertz CT molecular complexity index is 1180. The summed E-state index contributed by atoms with van der Waals surface area (Å²) in [6.07, 6.45) is 4.96. The fourth-order valence-corrected chi connectivity index (χ4v) is 4.25. The summed E-state index contributed by atoms with van der Waals surface area (Å²) in [4.78, 5) is 0.147. The van der Waals surface area contributed by atoms with Crippen molar-refractivity contribution in [3.05, 3.63) is 72.9 Å². The Morgan fingerprint density at radius 3 is 2.48 bits per heavy atom. The lowest BCUT2D eigenvalue weighted by Gasteiger charge is -2.07. The van der Waals surface area contributed by atoms with E-state index >= 15 is 0 Å². The molecule has 2 heterocycles. The molecule has 126 valence electrons. The number of hydrogen-bond acceptors (Lipinski definition) is 3. The normalized spacial score (nSPS) is 11.9. The number of rotatable bonds is 3. The van der Waals surface area contributed by atoms with Crippen molar-refractivity contribution >= 4 is 20.9 Å². The number of aryl methyl sites for hydroxylation is 1. The Hall–Kier alpha value is -2.93. The van der Waals surface area contributed by atoms with Crippen molar-refractivity contribution in [2.45, 2.75) is 4.90 Å². The molecule has 0 radical (unpaired) electrons. The summed E-state index contributed by atoms with van der Waals surface area (Å²) in [6, 6.07) is 12.2. The van der Waals surface area contributed by atoms with Crippen molar-refractivity contribution in [2.24, 2.45) is 7.05 Å². The molecule has 5 nitrogen and oxygen atoms in total. The van der Waals surface area contributed by atoms with E-state index in [1.807, 2.05) is 0 Å². The number of halogens is 1. The summed E-state index contributed by atoms with van der Waals surface area (Å²) in [5.41, 5.74) is 1.74. The average molecular weight is 355 g/mol. The second-order valence-electron chi connectivity index (χ2n) is 5.72. The van der Waals surface area contributed by atoms with E-state index in [0.717, 1.165) is 9.54 Å². The van der Waals surface area contributed by atoms with E-state index in [4.69, 9.17) is 0 Å². The fourth-order valence-electron chi connectivity index (χ4n) is 2.87. The second kappa shape index (κ2) is 5.56. The zero-order valence-electron chi connectivity index (χ0n) is 13.3. The van der Waals surface area contributed by atoms with Gasteiger partial charge in [0.25, 0.3) is 10.0 Å². The lowest BCUT2D eigenvalue weighted by atomic mass is 10.1. The molecule has 0 aliphatic carbocycles. The van der Waals surface area contributed by atoms with Crippen LogP contribution in [0.4, 0.5) is 4.39 Å². The minimum Gasteiger partial charge on any atom is -0.275 e. The van der Waals surface area contributed by atoms with E-state index in [2.05, 4.69) is 5.10 Å². The van der Waals surface area contributed by atoms with Crippen LogP contribution in [0.3, 0.4) is 0 Å². The van der Waals surface area contributed by atoms with Crippen LogP contribution in [-0.4, -0.2) is 22.2 Å². The summed E-state index contributed by atoms with van der Waals surface area (Å²) >= 11 is 0. The Morgan fingerprint density at radius 1 is 1.04 bits per heavy atom. The van der Waals surface area contributed by atoms with Crippen LogP contribution in [0.5, 0.6) is 0 Å². The predicted octanol–water partition coefficient (Wildman–Crippen LogP) is 3.42. The molecule has 7 heteroatoms. The highest BCUT2D eigenvalue weighted by Gasteiger charge is 2.22. The van der Waals surface area contributed by atoms with Crippen LogP contribution in [-0.2, 0) is 17.1 Å². The standard InChI is InChI=1S/C18H14FN3O2S/c1-21-11-13(10-20-21)17-12-22(18-9-14(19)7-8-16(17)18)25(23,24)15-5-3-2-4-6-15/h2-12H,1H3. The molecule has 0 saturated carbocycles. The summed E-state index contributed by atoms with van der Waals surface area (Å²) in [5.74, 6) is -0.493. The molecule has 0 saturated heterocycles. The maximum absolute atomic E-state index is 13.8. The van der Waals surface area contributed by atoms with Crippen LogP contribution in [0, 0.1) is 5.82 Å². The first-order chi connectivity index (χ1) is 12.0. The number of benzene rings is 2. The zero-order valence-corrected chi connectivity index (χ0v) is 14.1. The topological polar surface area (TPSA) is 56.9 Å². The molecule has 0 atom stereocenters. The molecule has 0 bridgehead atoms. The quantitative estimate of drug-likeness (QED) is 0.566. The van der Waals surface area contributed by atoms with Crippen molar-refractivity contribution in [3.63, 3.8) is 0 Å². The first-order valence-electron chi connectivity index (χ1n) is 7.57. The molecule has 25 heavy (non-hydrogen) atoms. The van der Waals surface area contributed by atoms with E-state index in [1.165, 1.54) is 30.5 Å². The van der Waals surface area contributed by atoms with E-state index < -0.39 is 15.8 Å². The smallest absolute Gasteiger partial charge is 0.268 e. The molecule has 0 unspecified atom stereocenters. The van der Waals surface area contributed by atoms with E-state index in [1.54, 1.807) is 48.4 Å². The molecule has 0 aliphatic rings. The van der Waals surface area contributed by atoms with Crippen LogP contribution >= 0.6 is 0 Å². The van der Waals surface area contributed by atoms with Gasteiger partial charge in [0.1, 0.15) is 5.82 Å². The van der Waals surface area contributed by atoms with E-state index in [0.29, 0.717) is 16.5 Å². The third-order valence-electron chi connectivity index (χ3n) is 4.05. The SMILES string of the molecule is Cn1cc(-c2cn(S(=O)(=O)c3ccccc3)c3cc(F)ccc23)cn1. The first kappa shape index (κ1) is 15.6. The van der Waals surface area contributed by atoms with Gasteiger partial charge in [-0.2, -0.15) is 5.10 Å².